The molecule has 8 rings (SSSR count). The summed E-state index contributed by atoms with van der Waals surface area (Å²) in [5.74, 6) is 0. The van der Waals surface area contributed by atoms with Crippen LogP contribution in [0.25, 0.3) is 22.3 Å². The fourth-order valence-electron chi connectivity index (χ4n) is 8.26. The van der Waals surface area contributed by atoms with E-state index in [1.807, 2.05) is 0 Å². The van der Waals surface area contributed by atoms with Crippen molar-refractivity contribution in [3.63, 3.8) is 0 Å². The van der Waals surface area contributed by atoms with Gasteiger partial charge in [-0.2, -0.15) is 27.9 Å². The van der Waals surface area contributed by atoms with Crippen molar-refractivity contribution in [1.82, 2.24) is 0 Å². The molecule has 0 aromatic heterocycles. The van der Waals surface area contributed by atoms with Crippen LogP contribution in [0, 0.1) is 19.9 Å². The minimum absolute atomic E-state index is 0. The van der Waals surface area contributed by atoms with Crippen LogP contribution in [0.15, 0.2) is 103 Å². The zero-order chi connectivity index (χ0) is 36.2. The van der Waals surface area contributed by atoms with E-state index in [1.54, 1.807) is 5.19 Å². The van der Waals surface area contributed by atoms with E-state index in [0.29, 0.717) is 0 Å². The molecule has 268 valence electrons. The number of benzene rings is 4. The number of halogens is 2. The first-order valence-corrected chi connectivity index (χ1v) is 22.8. The fourth-order valence-corrected chi connectivity index (χ4v) is 11.0. The van der Waals surface area contributed by atoms with Crippen LogP contribution >= 0.6 is 0 Å². The summed E-state index contributed by atoms with van der Waals surface area (Å²) in [5.41, 5.74) is 20.1. The molecule has 0 unspecified atom stereocenters. The van der Waals surface area contributed by atoms with E-state index in [0.717, 1.165) is 6.42 Å². The van der Waals surface area contributed by atoms with Gasteiger partial charge in [-0.05, 0) is 58.4 Å². The number of aryl methyl sites for hydroxylation is 2. The normalized spacial score (nSPS) is 15.1. The monoisotopic (exact) mass is 816 g/mol. The Labute approximate surface area is 342 Å². The molecule has 0 N–H and O–H groups in total. The van der Waals surface area contributed by atoms with E-state index in [2.05, 4.69) is 184 Å². The Kier molecular flexibility index (Phi) is 12.9. The van der Waals surface area contributed by atoms with Gasteiger partial charge in [0.1, 0.15) is 0 Å². The van der Waals surface area contributed by atoms with Gasteiger partial charge in [-0.1, -0.05) is 91.7 Å². The molecule has 4 heteroatoms. The number of rotatable bonds is 3. The van der Waals surface area contributed by atoms with Crippen LogP contribution in [-0.2, 0) is 41.5 Å². The average molecular weight is 819 g/mol. The average Bonchev–Trinajstić information content (AvgIpc) is 3.74. The number of fused-ring (bicyclic) bond motifs is 5. The molecule has 0 heterocycles. The molecule has 0 amide bonds. The van der Waals surface area contributed by atoms with E-state index in [9.17, 15) is 0 Å². The Morgan fingerprint density at radius 1 is 0.673 bits per heavy atom. The SMILES string of the molecule is CC1=[C-]C(C)(C)c2cc3c(cc21)-c1cc2c(cc1C3)C(C)(C)C=C2C.Cc1cc([Si](C)(C)C)c(C)[cH-]1.[Cl-].[Cl-].[Zr+2]=[C](c1ccccc1)c1ccccc1. The van der Waals surface area contributed by atoms with Gasteiger partial charge in [0.2, 0.25) is 0 Å². The molecule has 5 aromatic rings. The second-order valence-electron chi connectivity index (χ2n) is 16.7. The number of allylic oxidation sites excluding steroid dienone is 4. The summed E-state index contributed by atoms with van der Waals surface area (Å²) in [4.78, 5) is 0. The summed E-state index contributed by atoms with van der Waals surface area (Å²) >= 11 is 1.46. The van der Waals surface area contributed by atoms with Crippen LogP contribution in [0.2, 0.25) is 19.6 Å². The van der Waals surface area contributed by atoms with Gasteiger partial charge >= 0.3 is 99.2 Å². The van der Waals surface area contributed by atoms with Crippen molar-refractivity contribution >= 4 is 27.6 Å². The van der Waals surface area contributed by atoms with Crippen molar-refractivity contribution in [2.75, 3.05) is 0 Å². The van der Waals surface area contributed by atoms with Crippen LogP contribution in [0.1, 0.15) is 97.2 Å². The second-order valence-corrected chi connectivity index (χ2v) is 23.0. The first kappa shape index (κ1) is 42.0. The first-order chi connectivity index (χ1) is 23.5. The third-order valence-electron chi connectivity index (χ3n) is 10.6. The zero-order valence-electron chi connectivity index (χ0n) is 32.8. The van der Waals surface area contributed by atoms with Gasteiger partial charge in [0, 0.05) is 13.5 Å². The fraction of sp³-hybridized carbons (Fsp3) is 0.292. The Morgan fingerprint density at radius 3 is 1.63 bits per heavy atom. The molecule has 0 nitrogen and oxygen atoms in total. The van der Waals surface area contributed by atoms with Crippen LogP contribution in [0.3, 0.4) is 0 Å². The van der Waals surface area contributed by atoms with Crippen molar-refractivity contribution in [3.05, 3.63) is 165 Å². The molecule has 0 atom stereocenters. The van der Waals surface area contributed by atoms with Gasteiger partial charge in [0.25, 0.3) is 0 Å². The van der Waals surface area contributed by atoms with E-state index in [1.165, 1.54) is 105 Å². The summed E-state index contributed by atoms with van der Waals surface area (Å²) < 4.78 is 1.42. The Bertz CT molecular complexity index is 2030. The summed E-state index contributed by atoms with van der Waals surface area (Å²) in [6.45, 7) is 25.3. The molecule has 3 aliphatic carbocycles. The predicted molar refractivity (Wildman–Crippen MR) is 217 cm³/mol. The maximum atomic E-state index is 3.65. The van der Waals surface area contributed by atoms with Gasteiger partial charge in [0.15, 0.2) is 0 Å². The van der Waals surface area contributed by atoms with Gasteiger partial charge in [-0.3, -0.25) is 6.08 Å². The van der Waals surface area contributed by atoms with Crippen LogP contribution in [0.4, 0.5) is 0 Å². The van der Waals surface area contributed by atoms with Crippen LogP contribution in [0.5, 0.6) is 0 Å². The van der Waals surface area contributed by atoms with Crippen LogP contribution in [-0.4, -0.2) is 11.3 Å². The summed E-state index contributed by atoms with van der Waals surface area (Å²) in [7, 11) is -1.06. The van der Waals surface area contributed by atoms with Crippen molar-refractivity contribution in [1.29, 1.82) is 0 Å². The second kappa shape index (κ2) is 15.9. The predicted octanol–water partition coefficient (Wildman–Crippen LogP) is 5.83. The van der Waals surface area contributed by atoms with Gasteiger partial charge < -0.3 is 24.8 Å². The Hall–Kier alpha value is -2.74. The molecule has 0 bridgehead atoms. The standard InChI is InChI=1S/C25H25.C13H10.C10H17Si.2ClH.Zr/c1-14-12-24(3,4)22-8-16-7-17-9-23-19(15(2)13-25(23,5)6)11-21(17)20(16)10-18(14)22;1-3-7-12(8-4-1)11-13-9-5-2-6-10-13;1-8-6-9(2)10(7-8)11(3,4)5;;;/h8-12H,7H2,1-6H3;1-10H;6-7H,1-5H3;2*1H;/q-1;;-1;;;+2/p-2. The molecule has 52 heavy (non-hydrogen) atoms. The third kappa shape index (κ3) is 8.47. The molecule has 5 aromatic carbocycles. The van der Waals surface area contributed by atoms with E-state index in [4.69, 9.17) is 0 Å². The summed E-state index contributed by atoms with van der Waals surface area (Å²) in [6.07, 6.45) is 7.13. The van der Waals surface area contributed by atoms with Crippen LogP contribution < -0.4 is 30.0 Å². The Morgan fingerprint density at radius 2 is 1.17 bits per heavy atom. The molecule has 0 spiro atoms. The number of hydrogen-bond donors (Lipinski definition) is 0. The summed E-state index contributed by atoms with van der Waals surface area (Å²) in [6, 6.07) is 35.5. The topological polar surface area (TPSA) is 0 Å². The quantitative estimate of drug-likeness (QED) is 0.156. The first-order valence-electron chi connectivity index (χ1n) is 18.1. The van der Waals surface area contributed by atoms with E-state index >= 15 is 0 Å². The number of hydrogen-bond acceptors (Lipinski definition) is 0. The molecule has 0 radical (unpaired) electrons. The third-order valence-corrected chi connectivity index (χ3v) is 14.2. The molecule has 0 saturated carbocycles. The van der Waals surface area contributed by atoms with E-state index < -0.39 is 8.07 Å². The maximum absolute atomic E-state index is 3.65. The van der Waals surface area contributed by atoms with Crippen molar-refractivity contribution in [2.24, 2.45) is 0 Å². The minimum atomic E-state index is -1.06. The van der Waals surface area contributed by atoms with E-state index in [-0.39, 0.29) is 35.6 Å². The molecule has 0 saturated heterocycles. The zero-order valence-corrected chi connectivity index (χ0v) is 37.7. The summed E-state index contributed by atoms with van der Waals surface area (Å²) in [5, 5.41) is 1.62. The molecular weight excluding hydrogens is 767 g/mol. The molecule has 3 aliphatic rings. The van der Waals surface area contributed by atoms with Crippen molar-refractivity contribution < 1.29 is 49.0 Å². The molecular formula is C48H52Cl2SiZr-2. The van der Waals surface area contributed by atoms with Crippen molar-refractivity contribution in [3.8, 4) is 11.1 Å². The molecule has 0 aliphatic heterocycles. The van der Waals surface area contributed by atoms with Gasteiger partial charge in [-0.15, -0.1) is 11.6 Å². The molecule has 0 fully saturated rings. The van der Waals surface area contributed by atoms with Gasteiger partial charge in [-0.25, -0.2) is 11.6 Å². The van der Waals surface area contributed by atoms with Gasteiger partial charge in [0.05, 0.1) is 0 Å². The van der Waals surface area contributed by atoms with Crippen molar-refractivity contribution in [2.45, 2.75) is 92.3 Å². The Balaban J connectivity index is 0.000000191.